The highest BCUT2D eigenvalue weighted by atomic mass is 35.5. The molecule has 2 unspecified atom stereocenters. The molecule has 14 heteroatoms. The zero-order chi connectivity index (χ0) is 29.6. The lowest BCUT2D eigenvalue weighted by Gasteiger charge is -2.35. The van der Waals surface area contributed by atoms with Gasteiger partial charge in [-0.25, -0.2) is 13.4 Å². The first-order chi connectivity index (χ1) is 19.4. The number of carbonyl (C=O) groups is 1. The third kappa shape index (κ3) is 5.82. The normalized spacial score (nSPS) is 22.8. The van der Waals surface area contributed by atoms with Crippen LogP contribution < -0.4 is 15.1 Å². The molecule has 1 aliphatic carbocycles. The molecule has 0 bridgehead atoms. The number of pyridine rings is 1. The van der Waals surface area contributed by atoms with Crippen molar-refractivity contribution in [3.05, 3.63) is 47.1 Å². The summed E-state index contributed by atoms with van der Waals surface area (Å²) < 4.78 is 69.4. The number of alkyl halides is 3. The van der Waals surface area contributed by atoms with Gasteiger partial charge < -0.3 is 20.0 Å². The Morgan fingerprint density at radius 2 is 1.93 bits per heavy atom. The Labute approximate surface area is 241 Å². The van der Waals surface area contributed by atoms with Gasteiger partial charge >= 0.3 is 6.18 Å². The van der Waals surface area contributed by atoms with Crippen molar-refractivity contribution in [1.82, 2.24) is 15.2 Å². The van der Waals surface area contributed by atoms with Crippen LogP contribution in [0.2, 0.25) is 5.02 Å². The number of halogens is 4. The minimum atomic E-state index is -4.78. The molecule has 3 fully saturated rings. The number of likely N-dealkylation sites (N-methyl/N-ethyl adjacent to an activating group) is 1. The zero-order valence-corrected chi connectivity index (χ0v) is 23.9. The van der Waals surface area contributed by atoms with E-state index in [0.29, 0.717) is 12.8 Å². The van der Waals surface area contributed by atoms with Crippen LogP contribution >= 0.6 is 11.6 Å². The maximum atomic E-state index is 13.9. The van der Waals surface area contributed by atoms with Gasteiger partial charge in [-0.15, -0.1) is 0 Å². The number of hydrogen-bond donors (Lipinski definition) is 1. The predicted molar refractivity (Wildman–Crippen MR) is 147 cm³/mol. The van der Waals surface area contributed by atoms with Crippen LogP contribution in [-0.4, -0.2) is 80.3 Å². The van der Waals surface area contributed by atoms with Crippen LogP contribution in [0.3, 0.4) is 0 Å². The number of carbonyl (C=O) groups excluding carboxylic acids is 1. The minimum Gasteiger partial charge on any atom is -0.369 e. The first-order valence-corrected chi connectivity index (χ1v) is 15.3. The molecule has 1 amide bonds. The second-order valence-electron chi connectivity index (χ2n) is 10.7. The third-order valence-corrected chi connectivity index (χ3v) is 10.7. The average molecular weight is 611 g/mol. The van der Waals surface area contributed by atoms with Crippen molar-refractivity contribution < 1.29 is 26.4 Å². The van der Waals surface area contributed by atoms with E-state index in [1.165, 1.54) is 6.07 Å². The van der Waals surface area contributed by atoms with E-state index in [4.69, 9.17) is 11.6 Å². The Kier molecular flexibility index (Phi) is 7.86. The van der Waals surface area contributed by atoms with E-state index >= 15 is 0 Å². The molecule has 2 aliphatic heterocycles. The number of amides is 1. The Morgan fingerprint density at radius 1 is 1.22 bits per heavy atom. The molecule has 1 aromatic heterocycles. The highest BCUT2D eigenvalue weighted by Gasteiger charge is 2.51. The quantitative estimate of drug-likeness (QED) is 0.508. The van der Waals surface area contributed by atoms with Crippen molar-refractivity contribution in [2.75, 3.05) is 49.1 Å². The molecular weight excluding hydrogens is 581 g/mol. The van der Waals surface area contributed by atoms with Gasteiger partial charge in [-0.3, -0.25) is 4.79 Å². The Hall–Kier alpha value is -3.08. The van der Waals surface area contributed by atoms with Gasteiger partial charge in [0.05, 0.1) is 26.8 Å². The van der Waals surface area contributed by atoms with E-state index in [1.54, 1.807) is 12.1 Å². The van der Waals surface area contributed by atoms with Crippen molar-refractivity contribution in [3.63, 3.8) is 0 Å². The summed E-state index contributed by atoms with van der Waals surface area (Å²) in [5.41, 5.74) is -1.38. The Bertz CT molecular complexity index is 1470. The molecule has 220 valence electrons. The fraction of sp³-hybridized carbons (Fsp3) is 0.519. The maximum Gasteiger partial charge on any atom is 0.419 e. The number of anilines is 2. The Morgan fingerprint density at radius 3 is 2.51 bits per heavy atom. The monoisotopic (exact) mass is 610 g/mol. The molecule has 2 saturated heterocycles. The summed E-state index contributed by atoms with van der Waals surface area (Å²) in [6.45, 7) is 5.91. The molecule has 1 saturated carbocycles. The second kappa shape index (κ2) is 11.0. The highest BCUT2D eigenvalue weighted by molar-refractivity contribution is 7.92. The summed E-state index contributed by atoms with van der Waals surface area (Å²) in [6.07, 6.45) is -3.09. The van der Waals surface area contributed by atoms with Gasteiger partial charge in [0, 0.05) is 44.6 Å². The van der Waals surface area contributed by atoms with Gasteiger partial charge in [0.15, 0.2) is 9.84 Å². The first kappa shape index (κ1) is 29.4. The maximum absolute atomic E-state index is 13.9. The summed E-state index contributed by atoms with van der Waals surface area (Å²) in [7, 11) is -4.17. The van der Waals surface area contributed by atoms with Gasteiger partial charge in [-0.1, -0.05) is 18.5 Å². The SMILES string of the molecule is CCN1CCN(c2ccc(S(=O)(=O)C3CC(C(=O)NC4(C#N)CC4)N(c4ncccc4C(F)(F)F)C3)c(Cl)c2)CC1. The van der Waals surface area contributed by atoms with E-state index in [2.05, 4.69) is 27.0 Å². The molecule has 41 heavy (non-hydrogen) atoms. The van der Waals surface area contributed by atoms with Crippen molar-refractivity contribution in [3.8, 4) is 6.07 Å². The number of sulfone groups is 1. The van der Waals surface area contributed by atoms with Crippen molar-refractivity contribution in [2.24, 2.45) is 0 Å². The molecular formula is C27H30ClF3N6O3S. The lowest BCUT2D eigenvalue weighted by atomic mass is 10.1. The molecule has 1 N–H and O–H groups in total. The molecule has 3 aliphatic rings. The number of hydrogen-bond acceptors (Lipinski definition) is 8. The predicted octanol–water partition coefficient (Wildman–Crippen LogP) is 3.49. The number of nitriles is 1. The van der Waals surface area contributed by atoms with Gasteiger partial charge in [0.2, 0.25) is 5.91 Å². The fourth-order valence-corrected chi connectivity index (χ4v) is 7.72. The lowest BCUT2D eigenvalue weighted by molar-refractivity contribution is -0.137. The fourth-order valence-electron chi connectivity index (χ4n) is 5.48. The highest BCUT2D eigenvalue weighted by Crippen LogP contribution is 2.41. The van der Waals surface area contributed by atoms with E-state index in [0.717, 1.165) is 61.6 Å². The number of nitrogens with one attached hydrogen (secondary N) is 1. The number of nitrogens with zero attached hydrogens (tertiary/aromatic N) is 5. The standard InChI is InChI=1S/C27H30ClF3N6O3S/c1-2-35-10-12-36(13-11-35)18-5-6-23(21(28)14-18)41(39,40)19-15-22(25(38)34-26(17-32)7-8-26)37(16-19)24-20(27(29,30)31)4-3-9-33-24/h3-6,9,14,19,22H,2,7-8,10-13,15-16H2,1H3,(H,34,38). The van der Waals surface area contributed by atoms with Gasteiger partial charge in [-0.2, -0.15) is 18.4 Å². The Balaban J connectivity index is 1.44. The van der Waals surface area contributed by atoms with Crippen molar-refractivity contribution in [1.29, 1.82) is 5.26 Å². The summed E-state index contributed by atoms with van der Waals surface area (Å²) >= 11 is 6.51. The van der Waals surface area contributed by atoms with Crippen molar-refractivity contribution >= 4 is 38.9 Å². The van der Waals surface area contributed by atoms with Gasteiger partial charge in [-0.05, 0) is 56.1 Å². The molecule has 3 heterocycles. The largest absolute Gasteiger partial charge is 0.419 e. The van der Waals surface area contributed by atoms with Gasteiger partial charge in [0.1, 0.15) is 17.4 Å². The third-order valence-electron chi connectivity index (χ3n) is 8.10. The summed E-state index contributed by atoms with van der Waals surface area (Å²) in [5.74, 6) is -1.25. The van der Waals surface area contributed by atoms with E-state index < -0.39 is 56.7 Å². The van der Waals surface area contributed by atoms with Crippen LogP contribution in [0.15, 0.2) is 41.4 Å². The van der Waals surface area contributed by atoms with Crippen LogP contribution in [0.4, 0.5) is 24.7 Å². The van der Waals surface area contributed by atoms with Crippen LogP contribution in [0, 0.1) is 11.3 Å². The number of rotatable bonds is 7. The van der Waals surface area contributed by atoms with Crippen LogP contribution in [0.25, 0.3) is 0 Å². The minimum absolute atomic E-state index is 0.00935. The van der Waals surface area contributed by atoms with E-state index in [9.17, 15) is 31.6 Å². The number of piperazine rings is 1. The molecule has 9 nitrogen and oxygen atoms in total. The molecule has 0 spiro atoms. The van der Waals surface area contributed by atoms with Gasteiger partial charge in [0.25, 0.3) is 0 Å². The van der Waals surface area contributed by atoms with Crippen LogP contribution in [0.5, 0.6) is 0 Å². The van der Waals surface area contributed by atoms with E-state index in [-0.39, 0.29) is 16.3 Å². The number of aromatic nitrogens is 1. The van der Waals surface area contributed by atoms with E-state index in [1.807, 2.05) is 6.07 Å². The molecule has 0 radical (unpaired) electrons. The van der Waals surface area contributed by atoms with Crippen molar-refractivity contribution in [2.45, 2.75) is 54.1 Å². The lowest BCUT2D eigenvalue weighted by Crippen LogP contribution is -2.48. The van der Waals surface area contributed by atoms with Crippen LogP contribution in [0.1, 0.15) is 31.7 Å². The average Bonchev–Trinajstić information content (AvgIpc) is 3.57. The van der Waals surface area contributed by atoms with Crippen LogP contribution in [-0.2, 0) is 20.8 Å². The summed E-state index contributed by atoms with van der Waals surface area (Å²) in [6, 6.07) is 7.40. The zero-order valence-electron chi connectivity index (χ0n) is 22.4. The smallest absolute Gasteiger partial charge is 0.369 e. The molecule has 1 aromatic carbocycles. The number of benzene rings is 1. The molecule has 2 atom stereocenters. The summed E-state index contributed by atoms with van der Waals surface area (Å²) in [5, 5.41) is 10.8. The molecule has 2 aromatic rings. The second-order valence-corrected chi connectivity index (χ2v) is 13.3. The molecule has 5 rings (SSSR count). The summed E-state index contributed by atoms with van der Waals surface area (Å²) in [4.78, 5) is 22.6. The first-order valence-electron chi connectivity index (χ1n) is 13.4. The topological polar surface area (TPSA) is 110 Å².